The van der Waals surface area contributed by atoms with Crippen molar-refractivity contribution in [3.05, 3.63) is 65.7 Å². The van der Waals surface area contributed by atoms with Crippen molar-refractivity contribution in [1.82, 2.24) is 16.0 Å². The molecule has 198 valence electrons. The largest absolute Gasteiger partial charge is 0.451 e. The zero-order valence-electron chi connectivity index (χ0n) is 20.3. The van der Waals surface area contributed by atoms with Gasteiger partial charge in [-0.05, 0) is 30.8 Å². The Hall–Kier alpha value is -3.26. The van der Waals surface area contributed by atoms with Crippen molar-refractivity contribution in [3.63, 3.8) is 0 Å². The van der Waals surface area contributed by atoms with Crippen LogP contribution in [-0.2, 0) is 36.7 Å². The van der Waals surface area contributed by atoms with Crippen molar-refractivity contribution in [2.75, 3.05) is 0 Å². The SMILES string of the molecule is CCC1(C(=O)NCc2ccccc2)CC(=O)N[C@](CCCB(O)O)(c2ccccc2S(=O)(=O)O)NC1=O. The minimum atomic E-state index is -4.78. The van der Waals surface area contributed by atoms with E-state index in [1.54, 1.807) is 31.2 Å². The summed E-state index contributed by atoms with van der Waals surface area (Å²) < 4.78 is 34.2. The van der Waals surface area contributed by atoms with Crippen molar-refractivity contribution in [3.8, 4) is 0 Å². The summed E-state index contributed by atoms with van der Waals surface area (Å²) in [5, 5.41) is 26.7. The average molecular weight is 531 g/mol. The second-order valence-electron chi connectivity index (χ2n) is 9.03. The van der Waals surface area contributed by atoms with Crippen molar-refractivity contribution in [2.45, 2.75) is 56.0 Å². The predicted molar refractivity (Wildman–Crippen MR) is 134 cm³/mol. The molecule has 2 atom stereocenters. The fourth-order valence-corrected chi connectivity index (χ4v) is 5.32. The van der Waals surface area contributed by atoms with Crippen LogP contribution in [0.5, 0.6) is 0 Å². The summed E-state index contributed by atoms with van der Waals surface area (Å²) >= 11 is 0. The van der Waals surface area contributed by atoms with E-state index < -0.39 is 57.4 Å². The fraction of sp³-hybridized carbons (Fsp3) is 0.375. The molecule has 1 aliphatic heterocycles. The van der Waals surface area contributed by atoms with Crippen molar-refractivity contribution < 1.29 is 37.4 Å². The summed E-state index contributed by atoms with van der Waals surface area (Å²) in [4.78, 5) is 39.8. The Kier molecular flexibility index (Phi) is 8.74. The lowest BCUT2D eigenvalue weighted by molar-refractivity contribution is -0.146. The molecule has 2 aromatic rings. The van der Waals surface area contributed by atoms with E-state index in [1.807, 2.05) is 6.07 Å². The first-order valence-corrected chi connectivity index (χ1v) is 13.3. The topological polar surface area (TPSA) is 182 Å². The molecule has 1 unspecified atom stereocenters. The van der Waals surface area contributed by atoms with Crippen molar-refractivity contribution >= 4 is 35.0 Å². The number of nitrogens with one attached hydrogen (secondary N) is 3. The number of carbonyl (C=O) groups is 3. The summed E-state index contributed by atoms with van der Waals surface area (Å²) in [6, 6.07) is 14.3. The van der Waals surface area contributed by atoms with Gasteiger partial charge in [-0.3, -0.25) is 18.9 Å². The molecule has 0 bridgehead atoms. The Morgan fingerprint density at radius 3 is 2.32 bits per heavy atom. The molecule has 1 heterocycles. The molecule has 1 saturated heterocycles. The molecule has 0 aromatic heterocycles. The van der Waals surface area contributed by atoms with E-state index in [-0.39, 0.29) is 37.7 Å². The Balaban J connectivity index is 2.04. The third-order valence-corrected chi connectivity index (χ3v) is 7.46. The van der Waals surface area contributed by atoms with Crippen molar-refractivity contribution in [2.24, 2.45) is 5.41 Å². The predicted octanol–water partition coefficient (Wildman–Crippen LogP) is 0.688. The highest BCUT2D eigenvalue weighted by atomic mass is 32.2. The Labute approximate surface area is 215 Å². The van der Waals surface area contributed by atoms with E-state index in [4.69, 9.17) is 0 Å². The van der Waals surface area contributed by atoms with Crippen LogP contribution in [0.25, 0.3) is 0 Å². The minimum Gasteiger partial charge on any atom is -0.427 e. The van der Waals surface area contributed by atoms with Gasteiger partial charge in [0.2, 0.25) is 17.7 Å². The molecule has 0 aliphatic carbocycles. The molecule has 11 nitrogen and oxygen atoms in total. The van der Waals surface area contributed by atoms with Crippen LogP contribution in [0.2, 0.25) is 6.32 Å². The Morgan fingerprint density at radius 2 is 1.70 bits per heavy atom. The standard InChI is InChI=1S/C24H30BN3O8S/c1-2-23(21(30)26-16-17-9-4-3-5-10-17)15-20(29)27-24(28-22(23)31,13-8-14-25(32)33)18-11-6-7-12-19(18)37(34,35)36/h3-7,9-12,32-33H,2,8,13-16H2,1H3,(H,26,30)(H,27,29)(H,28,31)(H,34,35,36)/t23?,24-/m0/s1. The molecule has 1 aliphatic rings. The second-order valence-corrected chi connectivity index (χ2v) is 10.4. The molecule has 3 rings (SSSR count). The van der Waals surface area contributed by atoms with Gasteiger partial charge in [0, 0.05) is 18.5 Å². The Bertz CT molecular complexity index is 1260. The van der Waals surface area contributed by atoms with Crippen LogP contribution in [0.3, 0.4) is 0 Å². The number of hydrogen-bond acceptors (Lipinski definition) is 7. The summed E-state index contributed by atoms with van der Waals surface area (Å²) in [7, 11) is -6.46. The van der Waals surface area contributed by atoms with Gasteiger partial charge in [-0.15, -0.1) is 0 Å². The van der Waals surface area contributed by atoms with Crippen LogP contribution in [0.15, 0.2) is 59.5 Å². The van der Waals surface area contributed by atoms with E-state index in [2.05, 4.69) is 16.0 Å². The fourth-order valence-electron chi connectivity index (χ4n) is 4.55. The quantitative estimate of drug-likeness (QED) is 0.147. The van der Waals surface area contributed by atoms with Gasteiger partial charge in [0.05, 0.1) is 0 Å². The van der Waals surface area contributed by atoms with Gasteiger partial charge in [0.1, 0.15) is 16.0 Å². The van der Waals surface area contributed by atoms with E-state index >= 15 is 0 Å². The highest BCUT2D eigenvalue weighted by Crippen LogP contribution is 2.37. The summed E-state index contributed by atoms with van der Waals surface area (Å²) in [5.74, 6) is -2.19. The molecule has 0 radical (unpaired) electrons. The van der Waals surface area contributed by atoms with Crippen LogP contribution in [0.1, 0.15) is 43.7 Å². The lowest BCUT2D eigenvalue weighted by atomic mass is 9.79. The molecule has 37 heavy (non-hydrogen) atoms. The number of rotatable bonds is 10. The summed E-state index contributed by atoms with van der Waals surface area (Å²) in [6.07, 6.45) is -0.790. The normalized spacial score (nSPS) is 21.9. The van der Waals surface area contributed by atoms with E-state index in [1.165, 1.54) is 18.2 Å². The maximum Gasteiger partial charge on any atom is 0.451 e. The first kappa shape index (κ1) is 28.3. The van der Waals surface area contributed by atoms with Crippen LogP contribution in [-0.4, -0.2) is 47.9 Å². The van der Waals surface area contributed by atoms with Crippen molar-refractivity contribution in [1.29, 1.82) is 0 Å². The van der Waals surface area contributed by atoms with E-state index in [9.17, 15) is 37.4 Å². The first-order chi connectivity index (χ1) is 17.4. The molecular weight excluding hydrogens is 501 g/mol. The third kappa shape index (κ3) is 6.36. The van der Waals surface area contributed by atoms with Crippen LogP contribution < -0.4 is 16.0 Å². The number of amides is 3. The maximum atomic E-state index is 13.7. The lowest BCUT2D eigenvalue weighted by Crippen LogP contribution is -2.59. The molecule has 2 aromatic carbocycles. The number of carbonyl (C=O) groups excluding carboxylic acids is 3. The molecule has 13 heteroatoms. The molecule has 0 saturated carbocycles. The van der Waals surface area contributed by atoms with E-state index in [0.717, 1.165) is 11.6 Å². The lowest BCUT2D eigenvalue weighted by Gasteiger charge is -2.37. The zero-order valence-corrected chi connectivity index (χ0v) is 21.1. The smallest absolute Gasteiger partial charge is 0.427 e. The molecule has 6 N–H and O–H groups in total. The number of hydrogen-bond donors (Lipinski definition) is 6. The highest BCUT2D eigenvalue weighted by Gasteiger charge is 2.53. The molecule has 1 fully saturated rings. The Morgan fingerprint density at radius 1 is 1.05 bits per heavy atom. The van der Waals surface area contributed by atoms with Crippen LogP contribution >= 0.6 is 0 Å². The summed E-state index contributed by atoms with van der Waals surface area (Å²) in [6.45, 7) is 1.72. The molecule has 0 spiro atoms. The summed E-state index contributed by atoms with van der Waals surface area (Å²) in [5.41, 5.74) is -2.99. The average Bonchev–Trinajstić information content (AvgIpc) is 2.96. The first-order valence-electron chi connectivity index (χ1n) is 11.8. The monoisotopic (exact) mass is 531 g/mol. The van der Waals surface area contributed by atoms with Gasteiger partial charge in [-0.2, -0.15) is 8.42 Å². The minimum absolute atomic E-state index is 0.0295. The van der Waals surface area contributed by atoms with Crippen LogP contribution in [0, 0.1) is 5.41 Å². The van der Waals surface area contributed by atoms with Crippen LogP contribution in [0.4, 0.5) is 0 Å². The second kappa shape index (κ2) is 11.4. The van der Waals surface area contributed by atoms with Gasteiger partial charge in [0.15, 0.2) is 0 Å². The van der Waals surface area contributed by atoms with Gasteiger partial charge in [-0.25, -0.2) is 0 Å². The van der Waals surface area contributed by atoms with E-state index in [0.29, 0.717) is 0 Å². The number of benzene rings is 2. The van der Waals surface area contributed by atoms with Gasteiger partial charge >= 0.3 is 7.12 Å². The maximum absolute atomic E-state index is 13.7. The van der Waals surface area contributed by atoms with Gasteiger partial charge < -0.3 is 26.0 Å². The van der Waals surface area contributed by atoms with Gasteiger partial charge in [-0.1, -0.05) is 61.9 Å². The highest BCUT2D eigenvalue weighted by molar-refractivity contribution is 7.85. The molecular formula is C24H30BN3O8S. The third-order valence-electron chi connectivity index (χ3n) is 6.55. The molecule has 3 amide bonds. The zero-order chi connectivity index (χ0) is 27.3. The van der Waals surface area contributed by atoms with Gasteiger partial charge in [0.25, 0.3) is 10.1 Å².